The van der Waals surface area contributed by atoms with E-state index in [4.69, 9.17) is 5.26 Å². The highest BCUT2D eigenvalue weighted by molar-refractivity contribution is 5.72. The molecule has 1 aromatic carbocycles. The van der Waals surface area contributed by atoms with Crippen LogP contribution in [0, 0.1) is 11.3 Å². The summed E-state index contributed by atoms with van der Waals surface area (Å²) < 4.78 is 42.2. The second-order valence-electron chi connectivity index (χ2n) is 3.47. The summed E-state index contributed by atoms with van der Waals surface area (Å²) in [6.45, 7) is 1.83. The van der Waals surface area contributed by atoms with E-state index in [2.05, 4.69) is 4.74 Å². The average molecular weight is 257 g/mol. The second-order valence-corrected chi connectivity index (χ2v) is 3.47. The maximum atomic E-state index is 12.5. The van der Waals surface area contributed by atoms with Crippen LogP contribution in [-0.4, -0.2) is 12.6 Å². The molecule has 18 heavy (non-hydrogen) atoms. The molecular formula is C12H10F3NO2. The van der Waals surface area contributed by atoms with Crippen LogP contribution in [0.3, 0.4) is 0 Å². The van der Waals surface area contributed by atoms with Gasteiger partial charge >= 0.3 is 12.1 Å². The molecule has 0 unspecified atom stereocenters. The number of carbonyl (C=O) groups excluding carboxylic acids is 1. The number of esters is 1. The van der Waals surface area contributed by atoms with Crippen molar-refractivity contribution < 1.29 is 22.7 Å². The zero-order valence-electron chi connectivity index (χ0n) is 9.54. The van der Waals surface area contributed by atoms with Crippen molar-refractivity contribution in [3.05, 3.63) is 34.9 Å². The molecule has 1 aromatic rings. The fraction of sp³-hybridized carbons (Fsp3) is 0.333. The lowest BCUT2D eigenvalue weighted by Crippen LogP contribution is -2.10. The van der Waals surface area contributed by atoms with Gasteiger partial charge in [-0.15, -0.1) is 0 Å². The number of alkyl halides is 3. The number of nitrogens with zero attached hydrogens (tertiary/aromatic N) is 1. The van der Waals surface area contributed by atoms with E-state index in [9.17, 15) is 18.0 Å². The van der Waals surface area contributed by atoms with Crippen LogP contribution in [0.25, 0.3) is 0 Å². The highest BCUT2D eigenvalue weighted by Gasteiger charge is 2.33. The third-order valence-electron chi connectivity index (χ3n) is 2.16. The summed E-state index contributed by atoms with van der Waals surface area (Å²) in [5.41, 5.74) is -1.18. The first kappa shape index (κ1) is 14.0. The highest BCUT2D eigenvalue weighted by atomic mass is 19.4. The van der Waals surface area contributed by atoms with Crippen LogP contribution < -0.4 is 0 Å². The van der Waals surface area contributed by atoms with E-state index in [1.54, 1.807) is 6.92 Å². The number of rotatable bonds is 3. The average Bonchev–Trinajstić information content (AvgIpc) is 2.27. The van der Waals surface area contributed by atoms with Gasteiger partial charge in [-0.05, 0) is 24.6 Å². The van der Waals surface area contributed by atoms with E-state index in [-0.39, 0.29) is 13.0 Å². The summed E-state index contributed by atoms with van der Waals surface area (Å²) in [6.07, 6.45) is -4.73. The zero-order chi connectivity index (χ0) is 13.8. The van der Waals surface area contributed by atoms with Crippen LogP contribution in [-0.2, 0) is 22.1 Å². The normalized spacial score (nSPS) is 10.8. The predicted octanol–water partition coefficient (Wildman–Crippen LogP) is 2.68. The number of halogens is 3. The second kappa shape index (κ2) is 5.54. The molecule has 96 valence electrons. The SMILES string of the molecule is CCOC(=O)Cc1ccc(C(F)(F)F)c(C#N)c1. The van der Waals surface area contributed by atoms with Gasteiger partial charge < -0.3 is 4.74 Å². The van der Waals surface area contributed by atoms with Gasteiger partial charge in [0, 0.05) is 0 Å². The minimum Gasteiger partial charge on any atom is -0.466 e. The molecule has 0 aromatic heterocycles. The summed E-state index contributed by atoms with van der Waals surface area (Å²) in [5.74, 6) is -0.541. The van der Waals surface area contributed by atoms with E-state index in [1.807, 2.05) is 0 Å². The summed E-state index contributed by atoms with van der Waals surface area (Å²) in [5, 5.41) is 8.68. The molecule has 0 aliphatic rings. The molecule has 0 N–H and O–H groups in total. The lowest BCUT2D eigenvalue weighted by Gasteiger charge is -2.09. The third-order valence-corrected chi connectivity index (χ3v) is 2.16. The van der Waals surface area contributed by atoms with Crippen molar-refractivity contribution in [3.8, 4) is 6.07 Å². The van der Waals surface area contributed by atoms with E-state index in [1.165, 1.54) is 12.1 Å². The van der Waals surface area contributed by atoms with Gasteiger partial charge in [0.25, 0.3) is 0 Å². The molecule has 6 heteroatoms. The molecule has 0 bridgehead atoms. The van der Waals surface area contributed by atoms with Crippen LogP contribution in [0.4, 0.5) is 13.2 Å². The summed E-state index contributed by atoms with van der Waals surface area (Å²) in [6, 6.07) is 4.50. The Morgan fingerprint density at radius 2 is 2.11 bits per heavy atom. The van der Waals surface area contributed by atoms with Gasteiger partial charge in [0.15, 0.2) is 0 Å². The molecule has 0 radical (unpaired) electrons. The number of ether oxygens (including phenoxy) is 1. The quantitative estimate of drug-likeness (QED) is 0.782. The van der Waals surface area contributed by atoms with Crippen molar-refractivity contribution in [2.45, 2.75) is 19.5 Å². The fourth-order valence-electron chi connectivity index (χ4n) is 1.42. The molecule has 1 rings (SSSR count). The number of hydrogen-bond donors (Lipinski definition) is 0. The maximum absolute atomic E-state index is 12.5. The van der Waals surface area contributed by atoms with Crippen molar-refractivity contribution >= 4 is 5.97 Å². The Bertz CT molecular complexity index is 489. The molecule has 0 aliphatic carbocycles. The lowest BCUT2D eigenvalue weighted by molar-refractivity contribution is -0.142. The molecule has 0 heterocycles. The van der Waals surface area contributed by atoms with Crippen LogP contribution in [0.2, 0.25) is 0 Å². The van der Waals surface area contributed by atoms with Gasteiger partial charge in [0.05, 0.1) is 30.2 Å². The van der Waals surface area contributed by atoms with Gasteiger partial charge in [0.1, 0.15) is 0 Å². The van der Waals surface area contributed by atoms with Crippen LogP contribution in [0.5, 0.6) is 0 Å². The number of benzene rings is 1. The predicted molar refractivity (Wildman–Crippen MR) is 56.5 cm³/mol. The van der Waals surface area contributed by atoms with Crippen LogP contribution in [0.15, 0.2) is 18.2 Å². The number of carbonyl (C=O) groups is 1. The Kier molecular flexibility index (Phi) is 4.32. The summed E-state index contributed by atoms with van der Waals surface area (Å²) in [7, 11) is 0. The number of nitriles is 1. The van der Waals surface area contributed by atoms with Crippen molar-refractivity contribution in [1.82, 2.24) is 0 Å². The Morgan fingerprint density at radius 1 is 1.44 bits per heavy atom. The third kappa shape index (κ3) is 3.48. The van der Waals surface area contributed by atoms with Crippen LogP contribution in [0.1, 0.15) is 23.6 Å². The molecule has 0 amide bonds. The molecule has 0 atom stereocenters. The van der Waals surface area contributed by atoms with Crippen LogP contribution >= 0.6 is 0 Å². The van der Waals surface area contributed by atoms with Gasteiger partial charge in [-0.3, -0.25) is 4.79 Å². The van der Waals surface area contributed by atoms with Gasteiger partial charge in [-0.1, -0.05) is 6.07 Å². The van der Waals surface area contributed by atoms with E-state index in [0.29, 0.717) is 5.56 Å². The van der Waals surface area contributed by atoms with E-state index >= 15 is 0 Å². The summed E-state index contributed by atoms with van der Waals surface area (Å²) in [4.78, 5) is 11.2. The summed E-state index contributed by atoms with van der Waals surface area (Å²) >= 11 is 0. The first-order chi connectivity index (χ1) is 8.38. The van der Waals surface area contributed by atoms with E-state index < -0.39 is 23.3 Å². The molecular weight excluding hydrogens is 247 g/mol. The minimum absolute atomic E-state index is 0.152. The Labute approximate surface area is 102 Å². The molecule has 0 saturated heterocycles. The molecule has 0 saturated carbocycles. The molecule has 0 fully saturated rings. The van der Waals surface area contributed by atoms with Gasteiger partial charge in [0.2, 0.25) is 0 Å². The van der Waals surface area contributed by atoms with Crippen molar-refractivity contribution in [3.63, 3.8) is 0 Å². The topological polar surface area (TPSA) is 50.1 Å². The molecule has 0 aliphatic heterocycles. The Morgan fingerprint density at radius 3 is 2.61 bits per heavy atom. The molecule has 3 nitrogen and oxygen atoms in total. The van der Waals surface area contributed by atoms with Gasteiger partial charge in [-0.2, -0.15) is 18.4 Å². The lowest BCUT2D eigenvalue weighted by atomic mass is 10.0. The minimum atomic E-state index is -4.58. The number of hydrogen-bond acceptors (Lipinski definition) is 3. The first-order valence-corrected chi connectivity index (χ1v) is 5.14. The fourth-order valence-corrected chi connectivity index (χ4v) is 1.42. The zero-order valence-corrected chi connectivity index (χ0v) is 9.54. The van der Waals surface area contributed by atoms with Crippen molar-refractivity contribution in [1.29, 1.82) is 5.26 Å². The van der Waals surface area contributed by atoms with Crippen molar-refractivity contribution in [2.24, 2.45) is 0 Å². The van der Waals surface area contributed by atoms with Gasteiger partial charge in [-0.25, -0.2) is 0 Å². The standard InChI is InChI=1S/C12H10F3NO2/c1-2-18-11(17)6-8-3-4-10(12(13,14)15)9(5-8)7-16/h3-5H,2,6H2,1H3. The maximum Gasteiger partial charge on any atom is 0.417 e. The Hall–Kier alpha value is -2.03. The smallest absolute Gasteiger partial charge is 0.417 e. The monoisotopic (exact) mass is 257 g/mol. The van der Waals surface area contributed by atoms with E-state index in [0.717, 1.165) is 12.1 Å². The Balaban J connectivity index is 3.00. The first-order valence-electron chi connectivity index (χ1n) is 5.14. The molecule has 0 spiro atoms. The largest absolute Gasteiger partial charge is 0.466 e. The highest BCUT2D eigenvalue weighted by Crippen LogP contribution is 2.32. The van der Waals surface area contributed by atoms with Crippen molar-refractivity contribution in [2.75, 3.05) is 6.61 Å².